The maximum Gasteiger partial charge on any atom is 0.335 e. The van der Waals surface area contributed by atoms with Crippen LogP contribution in [0.1, 0.15) is 38.1 Å². The van der Waals surface area contributed by atoms with Gasteiger partial charge in [0, 0.05) is 0 Å². The Morgan fingerprint density at radius 1 is 1.24 bits per heavy atom. The Hall–Kier alpha value is -1.51. The molecule has 0 saturated carbocycles. The molecule has 0 aliphatic rings. The van der Waals surface area contributed by atoms with Gasteiger partial charge in [0.05, 0.1) is 16.7 Å². The van der Waals surface area contributed by atoms with E-state index in [1.54, 1.807) is 0 Å². The summed E-state index contributed by atoms with van der Waals surface area (Å²) in [6.45, 7) is 5.74. The Kier molecular flexibility index (Phi) is 4.48. The molecule has 8 heteroatoms. The van der Waals surface area contributed by atoms with Crippen LogP contribution in [0, 0.1) is 5.82 Å². The third-order valence-corrected chi connectivity index (χ3v) is 5.08. The fourth-order valence-electron chi connectivity index (χ4n) is 1.37. The molecule has 1 aromatic carbocycles. The van der Waals surface area contributed by atoms with Crippen molar-refractivity contribution in [2.24, 2.45) is 0 Å². The standard InChI is InChI=1S/C13H18FNO5S/c1-12(2,13(3,4)18)15-21(19,20)10-6-5-8(11(16)17)7-9(10)14/h5-7,15,18H,1-4H3,(H,16,17). The molecule has 1 aromatic rings. The maximum atomic E-state index is 13.8. The molecule has 0 aromatic heterocycles. The highest BCUT2D eigenvalue weighted by Gasteiger charge is 2.39. The largest absolute Gasteiger partial charge is 0.478 e. The summed E-state index contributed by atoms with van der Waals surface area (Å²) in [5.74, 6) is -2.53. The molecule has 0 atom stereocenters. The lowest BCUT2D eigenvalue weighted by Gasteiger charge is -2.37. The lowest BCUT2D eigenvalue weighted by atomic mass is 9.87. The van der Waals surface area contributed by atoms with Gasteiger partial charge in [0.2, 0.25) is 10.0 Å². The zero-order valence-corrected chi connectivity index (χ0v) is 13.0. The molecule has 0 amide bonds. The second-order valence-corrected chi connectivity index (χ2v) is 7.39. The minimum absolute atomic E-state index is 0.354. The van der Waals surface area contributed by atoms with Crippen molar-refractivity contribution in [3.05, 3.63) is 29.6 Å². The van der Waals surface area contributed by atoms with Crippen LogP contribution in [0.15, 0.2) is 23.1 Å². The first-order chi connectivity index (χ1) is 9.28. The number of carbonyl (C=O) groups is 1. The lowest BCUT2D eigenvalue weighted by molar-refractivity contribution is 0.00636. The van der Waals surface area contributed by atoms with E-state index in [0.717, 1.165) is 12.1 Å². The Labute approximate surface area is 122 Å². The topological polar surface area (TPSA) is 104 Å². The van der Waals surface area contributed by atoms with Gasteiger partial charge < -0.3 is 10.2 Å². The molecule has 3 N–H and O–H groups in total. The molecule has 6 nitrogen and oxygen atoms in total. The number of sulfonamides is 1. The van der Waals surface area contributed by atoms with Crippen molar-refractivity contribution in [3.63, 3.8) is 0 Å². The van der Waals surface area contributed by atoms with Crippen molar-refractivity contribution in [1.82, 2.24) is 4.72 Å². The van der Waals surface area contributed by atoms with Crippen LogP contribution in [0.25, 0.3) is 0 Å². The Balaban J connectivity index is 3.24. The van der Waals surface area contributed by atoms with Crippen molar-refractivity contribution in [1.29, 1.82) is 0 Å². The van der Waals surface area contributed by atoms with Gasteiger partial charge in [-0.1, -0.05) is 0 Å². The van der Waals surface area contributed by atoms with E-state index >= 15 is 0 Å². The van der Waals surface area contributed by atoms with Gasteiger partial charge in [-0.2, -0.15) is 0 Å². The summed E-state index contributed by atoms with van der Waals surface area (Å²) in [5, 5.41) is 18.7. The van der Waals surface area contributed by atoms with Crippen LogP contribution in [0.2, 0.25) is 0 Å². The predicted octanol–water partition coefficient (Wildman–Crippen LogP) is 1.35. The fraction of sp³-hybridized carbons (Fsp3) is 0.462. The van der Waals surface area contributed by atoms with E-state index in [-0.39, 0.29) is 5.56 Å². The minimum atomic E-state index is -4.25. The van der Waals surface area contributed by atoms with Gasteiger partial charge in [-0.15, -0.1) is 0 Å². The van der Waals surface area contributed by atoms with Crippen molar-refractivity contribution >= 4 is 16.0 Å². The van der Waals surface area contributed by atoms with E-state index in [9.17, 15) is 22.7 Å². The highest BCUT2D eigenvalue weighted by molar-refractivity contribution is 7.89. The summed E-state index contributed by atoms with van der Waals surface area (Å²) in [6, 6.07) is 2.51. The van der Waals surface area contributed by atoms with Crippen LogP contribution in [-0.4, -0.2) is 35.7 Å². The molecule has 0 saturated heterocycles. The lowest BCUT2D eigenvalue weighted by Crippen LogP contribution is -2.57. The molecule has 21 heavy (non-hydrogen) atoms. The average molecular weight is 319 g/mol. The molecule has 118 valence electrons. The van der Waals surface area contributed by atoms with E-state index in [0.29, 0.717) is 6.07 Å². The Morgan fingerprint density at radius 3 is 2.14 bits per heavy atom. The number of hydrogen-bond donors (Lipinski definition) is 3. The second kappa shape index (κ2) is 5.36. The second-order valence-electron chi connectivity index (χ2n) is 5.74. The molecule has 0 radical (unpaired) electrons. The third kappa shape index (κ3) is 3.78. The molecule has 0 fully saturated rings. The summed E-state index contributed by atoms with van der Waals surface area (Å²) in [7, 11) is -4.25. The number of carboxylic acid groups (broad SMARTS) is 1. The smallest absolute Gasteiger partial charge is 0.335 e. The number of nitrogens with one attached hydrogen (secondary N) is 1. The van der Waals surface area contributed by atoms with Gasteiger partial charge in [0.1, 0.15) is 10.7 Å². The first-order valence-electron chi connectivity index (χ1n) is 6.07. The molecule has 0 heterocycles. The molecular formula is C13H18FNO5S. The number of aromatic carboxylic acids is 1. The monoisotopic (exact) mass is 319 g/mol. The number of carboxylic acids is 1. The zero-order valence-electron chi connectivity index (χ0n) is 12.1. The minimum Gasteiger partial charge on any atom is -0.478 e. The first kappa shape index (κ1) is 17.5. The van der Waals surface area contributed by atoms with Crippen molar-refractivity contribution in [2.75, 3.05) is 0 Å². The van der Waals surface area contributed by atoms with Crippen LogP contribution in [0.3, 0.4) is 0 Å². The van der Waals surface area contributed by atoms with Crippen molar-refractivity contribution in [3.8, 4) is 0 Å². The third-order valence-electron chi connectivity index (χ3n) is 3.39. The first-order valence-corrected chi connectivity index (χ1v) is 7.55. The summed E-state index contributed by atoms with van der Waals surface area (Å²) < 4.78 is 40.4. The van der Waals surface area contributed by atoms with Gasteiger partial charge >= 0.3 is 5.97 Å². The number of rotatable bonds is 5. The fourth-order valence-corrected chi connectivity index (χ4v) is 2.96. The quantitative estimate of drug-likeness (QED) is 0.760. The predicted molar refractivity (Wildman–Crippen MR) is 74.1 cm³/mol. The molecule has 0 aliphatic heterocycles. The highest BCUT2D eigenvalue weighted by atomic mass is 32.2. The zero-order chi connectivity index (χ0) is 16.6. The number of halogens is 1. The van der Waals surface area contributed by atoms with Crippen LogP contribution in [0.5, 0.6) is 0 Å². The van der Waals surface area contributed by atoms with E-state index < -0.39 is 37.8 Å². The van der Waals surface area contributed by atoms with E-state index in [4.69, 9.17) is 5.11 Å². The van der Waals surface area contributed by atoms with Crippen molar-refractivity contribution < 1.29 is 27.8 Å². The summed E-state index contributed by atoms with van der Waals surface area (Å²) in [4.78, 5) is 10.0. The summed E-state index contributed by atoms with van der Waals surface area (Å²) in [5.41, 5.74) is -3.01. The van der Waals surface area contributed by atoms with E-state index in [1.165, 1.54) is 27.7 Å². The number of hydrogen-bond acceptors (Lipinski definition) is 4. The van der Waals surface area contributed by atoms with Crippen molar-refractivity contribution in [2.45, 2.75) is 43.7 Å². The Morgan fingerprint density at radius 2 is 1.76 bits per heavy atom. The van der Waals surface area contributed by atoms with Crippen LogP contribution < -0.4 is 4.72 Å². The molecular weight excluding hydrogens is 301 g/mol. The average Bonchev–Trinajstić information content (AvgIpc) is 2.25. The molecule has 0 bridgehead atoms. The van der Waals surface area contributed by atoms with Gasteiger partial charge in [0.15, 0.2) is 0 Å². The van der Waals surface area contributed by atoms with Gasteiger partial charge in [-0.05, 0) is 45.9 Å². The van der Waals surface area contributed by atoms with E-state index in [1.807, 2.05) is 0 Å². The van der Waals surface area contributed by atoms with E-state index in [2.05, 4.69) is 4.72 Å². The highest BCUT2D eigenvalue weighted by Crippen LogP contribution is 2.24. The molecule has 0 unspecified atom stereocenters. The van der Waals surface area contributed by atoms with Crippen LogP contribution in [0.4, 0.5) is 4.39 Å². The number of benzene rings is 1. The number of aliphatic hydroxyl groups is 1. The summed E-state index contributed by atoms with van der Waals surface area (Å²) >= 11 is 0. The maximum absolute atomic E-state index is 13.8. The molecule has 1 rings (SSSR count). The summed E-state index contributed by atoms with van der Waals surface area (Å²) in [6.07, 6.45) is 0. The van der Waals surface area contributed by atoms with Gasteiger partial charge in [-0.3, -0.25) is 0 Å². The van der Waals surface area contributed by atoms with Crippen LogP contribution in [-0.2, 0) is 10.0 Å². The molecule has 0 aliphatic carbocycles. The normalized spacial score (nSPS) is 13.2. The van der Waals surface area contributed by atoms with Gasteiger partial charge in [-0.25, -0.2) is 22.3 Å². The Bertz CT molecular complexity index is 662. The van der Waals surface area contributed by atoms with Gasteiger partial charge in [0.25, 0.3) is 0 Å². The SMILES string of the molecule is CC(C)(O)C(C)(C)NS(=O)(=O)c1ccc(C(=O)O)cc1F. The van der Waals surface area contributed by atoms with Crippen LogP contribution >= 0.6 is 0 Å². The molecule has 0 spiro atoms.